The lowest BCUT2D eigenvalue weighted by Gasteiger charge is -2.00. The molecule has 2 aromatic heterocycles. The van der Waals surface area contributed by atoms with Gasteiger partial charge in [0.2, 0.25) is 0 Å². The first-order valence-corrected chi connectivity index (χ1v) is 5.21. The number of nitrogens with one attached hydrogen (secondary N) is 1. The van der Waals surface area contributed by atoms with Gasteiger partial charge in [0.05, 0.1) is 17.9 Å². The molecule has 5 nitrogen and oxygen atoms in total. The molecular weight excluding hydrogens is 206 g/mol. The minimum atomic E-state index is 0.658. The van der Waals surface area contributed by atoms with E-state index in [0.29, 0.717) is 6.54 Å². The molecule has 0 saturated carbocycles. The molecule has 0 aromatic carbocycles. The Hall–Kier alpha value is -1.62. The van der Waals surface area contributed by atoms with Crippen molar-refractivity contribution in [2.75, 3.05) is 0 Å². The Bertz CT molecular complexity index is 454. The van der Waals surface area contributed by atoms with Gasteiger partial charge in [-0.15, -0.1) is 0 Å². The van der Waals surface area contributed by atoms with Crippen LogP contribution in [0.1, 0.15) is 28.5 Å². The van der Waals surface area contributed by atoms with Crippen LogP contribution in [0.5, 0.6) is 0 Å². The van der Waals surface area contributed by atoms with Crippen LogP contribution in [0.2, 0.25) is 0 Å². The Morgan fingerprint density at radius 2 is 1.94 bits per heavy atom. The predicted octanol–water partition coefficient (Wildman–Crippen LogP) is 1.88. The summed E-state index contributed by atoms with van der Waals surface area (Å²) in [5.41, 5.74) is 2.93. The minimum Gasteiger partial charge on any atom is -0.361 e. The first-order valence-electron chi connectivity index (χ1n) is 5.21. The Labute approximate surface area is 93.8 Å². The lowest BCUT2D eigenvalue weighted by Crippen LogP contribution is -2.13. The van der Waals surface area contributed by atoms with Gasteiger partial charge in [-0.1, -0.05) is 10.3 Å². The van der Waals surface area contributed by atoms with E-state index in [1.54, 1.807) is 0 Å². The van der Waals surface area contributed by atoms with E-state index in [1.165, 1.54) is 0 Å². The SMILES string of the molecule is Cc1cc(CNCc2c(C)noc2C)on1. The smallest absolute Gasteiger partial charge is 0.150 e. The zero-order valence-electron chi connectivity index (χ0n) is 9.70. The third kappa shape index (κ3) is 2.30. The molecule has 16 heavy (non-hydrogen) atoms. The summed E-state index contributed by atoms with van der Waals surface area (Å²) in [7, 11) is 0. The van der Waals surface area contributed by atoms with Gasteiger partial charge in [0.15, 0.2) is 5.76 Å². The van der Waals surface area contributed by atoms with Crippen LogP contribution in [0.4, 0.5) is 0 Å². The van der Waals surface area contributed by atoms with Gasteiger partial charge in [0, 0.05) is 18.2 Å². The number of rotatable bonds is 4. The molecule has 5 heteroatoms. The lowest BCUT2D eigenvalue weighted by molar-refractivity contribution is 0.368. The van der Waals surface area contributed by atoms with Gasteiger partial charge in [-0.25, -0.2) is 0 Å². The number of aromatic nitrogens is 2. The third-order valence-corrected chi connectivity index (χ3v) is 2.46. The highest BCUT2D eigenvalue weighted by Crippen LogP contribution is 2.11. The molecule has 0 amide bonds. The van der Waals surface area contributed by atoms with E-state index in [-0.39, 0.29) is 0 Å². The van der Waals surface area contributed by atoms with Crippen LogP contribution in [0.15, 0.2) is 15.1 Å². The summed E-state index contributed by atoms with van der Waals surface area (Å²) in [4.78, 5) is 0. The van der Waals surface area contributed by atoms with Gasteiger partial charge in [-0.05, 0) is 20.8 Å². The fourth-order valence-corrected chi connectivity index (χ4v) is 1.56. The van der Waals surface area contributed by atoms with Crippen LogP contribution < -0.4 is 5.32 Å². The van der Waals surface area contributed by atoms with Crippen molar-refractivity contribution in [3.8, 4) is 0 Å². The molecule has 0 bridgehead atoms. The van der Waals surface area contributed by atoms with Crippen molar-refractivity contribution in [2.24, 2.45) is 0 Å². The van der Waals surface area contributed by atoms with E-state index in [4.69, 9.17) is 9.05 Å². The molecule has 0 radical (unpaired) electrons. The number of hydrogen-bond donors (Lipinski definition) is 1. The van der Waals surface area contributed by atoms with Crippen molar-refractivity contribution >= 4 is 0 Å². The molecule has 2 rings (SSSR count). The summed E-state index contributed by atoms with van der Waals surface area (Å²) in [6.45, 7) is 7.13. The van der Waals surface area contributed by atoms with Crippen molar-refractivity contribution < 1.29 is 9.05 Å². The molecule has 0 aliphatic carbocycles. The maximum Gasteiger partial charge on any atom is 0.150 e. The van der Waals surface area contributed by atoms with Gasteiger partial charge in [-0.3, -0.25) is 0 Å². The minimum absolute atomic E-state index is 0.658. The van der Waals surface area contributed by atoms with Crippen molar-refractivity contribution in [1.29, 1.82) is 0 Å². The topological polar surface area (TPSA) is 64.1 Å². The molecule has 2 aromatic rings. The highest BCUT2D eigenvalue weighted by molar-refractivity contribution is 5.20. The third-order valence-electron chi connectivity index (χ3n) is 2.46. The maximum absolute atomic E-state index is 5.09. The molecule has 0 aliphatic heterocycles. The summed E-state index contributed by atoms with van der Waals surface area (Å²) in [6.07, 6.45) is 0. The molecule has 0 fully saturated rings. The van der Waals surface area contributed by atoms with E-state index in [2.05, 4.69) is 15.6 Å². The standard InChI is InChI=1S/C11H15N3O2/c1-7-4-10(16-13-7)5-12-6-11-8(2)14-15-9(11)3/h4,12H,5-6H2,1-3H3. The first-order chi connectivity index (χ1) is 7.66. The van der Waals surface area contributed by atoms with Crippen LogP contribution in [-0.4, -0.2) is 10.3 Å². The molecule has 2 heterocycles. The summed E-state index contributed by atoms with van der Waals surface area (Å²) in [6, 6.07) is 1.92. The maximum atomic E-state index is 5.09. The zero-order chi connectivity index (χ0) is 11.5. The van der Waals surface area contributed by atoms with Gasteiger partial charge < -0.3 is 14.4 Å². The van der Waals surface area contributed by atoms with E-state index in [9.17, 15) is 0 Å². The molecule has 86 valence electrons. The second-order valence-corrected chi connectivity index (χ2v) is 3.84. The Morgan fingerprint density at radius 1 is 1.12 bits per heavy atom. The van der Waals surface area contributed by atoms with Crippen LogP contribution in [0.3, 0.4) is 0 Å². The molecule has 0 aliphatic rings. The second-order valence-electron chi connectivity index (χ2n) is 3.84. The Kier molecular flexibility index (Phi) is 3.05. The average molecular weight is 221 g/mol. The van der Waals surface area contributed by atoms with Crippen LogP contribution >= 0.6 is 0 Å². The summed E-state index contributed by atoms with van der Waals surface area (Å²) < 4.78 is 10.2. The zero-order valence-corrected chi connectivity index (χ0v) is 9.70. The number of aryl methyl sites for hydroxylation is 3. The molecule has 0 unspecified atom stereocenters. The monoisotopic (exact) mass is 221 g/mol. The number of nitrogens with zero attached hydrogens (tertiary/aromatic N) is 2. The molecule has 0 saturated heterocycles. The van der Waals surface area contributed by atoms with Crippen molar-refractivity contribution in [2.45, 2.75) is 33.9 Å². The van der Waals surface area contributed by atoms with Gasteiger partial charge in [-0.2, -0.15) is 0 Å². The Morgan fingerprint density at radius 3 is 2.50 bits per heavy atom. The average Bonchev–Trinajstić information content (AvgIpc) is 2.78. The quantitative estimate of drug-likeness (QED) is 0.853. The van der Waals surface area contributed by atoms with Gasteiger partial charge in [0.25, 0.3) is 0 Å². The van der Waals surface area contributed by atoms with E-state index in [0.717, 1.165) is 35.0 Å². The largest absolute Gasteiger partial charge is 0.361 e. The van der Waals surface area contributed by atoms with E-state index >= 15 is 0 Å². The summed E-state index contributed by atoms with van der Waals surface area (Å²) >= 11 is 0. The fraction of sp³-hybridized carbons (Fsp3) is 0.455. The first kappa shape index (κ1) is 10.9. The van der Waals surface area contributed by atoms with Crippen molar-refractivity contribution in [3.63, 3.8) is 0 Å². The molecule has 1 N–H and O–H groups in total. The van der Waals surface area contributed by atoms with Crippen molar-refractivity contribution in [3.05, 3.63) is 34.5 Å². The van der Waals surface area contributed by atoms with Gasteiger partial charge >= 0.3 is 0 Å². The van der Waals surface area contributed by atoms with E-state index < -0.39 is 0 Å². The Balaban J connectivity index is 1.89. The van der Waals surface area contributed by atoms with E-state index in [1.807, 2.05) is 26.8 Å². The fourth-order valence-electron chi connectivity index (χ4n) is 1.56. The molecule has 0 spiro atoms. The highest BCUT2D eigenvalue weighted by Gasteiger charge is 2.08. The van der Waals surface area contributed by atoms with Crippen LogP contribution in [0.25, 0.3) is 0 Å². The van der Waals surface area contributed by atoms with Crippen molar-refractivity contribution in [1.82, 2.24) is 15.6 Å². The number of hydrogen-bond acceptors (Lipinski definition) is 5. The lowest BCUT2D eigenvalue weighted by atomic mass is 10.2. The second kappa shape index (κ2) is 4.49. The molecule has 0 atom stereocenters. The molecular formula is C11H15N3O2. The van der Waals surface area contributed by atoms with Crippen LogP contribution in [-0.2, 0) is 13.1 Å². The van der Waals surface area contributed by atoms with Gasteiger partial charge in [0.1, 0.15) is 5.76 Å². The summed E-state index contributed by atoms with van der Waals surface area (Å²) in [5.74, 6) is 1.70. The highest BCUT2D eigenvalue weighted by atomic mass is 16.5. The predicted molar refractivity (Wildman–Crippen MR) is 57.8 cm³/mol. The van der Waals surface area contributed by atoms with Crippen LogP contribution in [0, 0.1) is 20.8 Å². The summed E-state index contributed by atoms with van der Waals surface area (Å²) in [5, 5.41) is 11.0. The normalized spacial score (nSPS) is 10.9.